The number of carbonyl (C=O) groups excluding carboxylic acids is 1. The van der Waals surface area contributed by atoms with Gasteiger partial charge in [-0.15, -0.1) is 0 Å². The van der Waals surface area contributed by atoms with Crippen molar-refractivity contribution < 1.29 is 19.4 Å². The van der Waals surface area contributed by atoms with Gasteiger partial charge in [0, 0.05) is 6.42 Å². The summed E-state index contributed by atoms with van der Waals surface area (Å²) in [7, 11) is 1.31. The van der Waals surface area contributed by atoms with Crippen LogP contribution in [0.1, 0.15) is 39.0 Å². The van der Waals surface area contributed by atoms with Gasteiger partial charge in [-0.2, -0.15) is 0 Å². The predicted molar refractivity (Wildman–Crippen MR) is 51.9 cm³/mol. The van der Waals surface area contributed by atoms with E-state index in [1.165, 1.54) is 7.11 Å². The number of hydrogen-bond acceptors (Lipinski definition) is 3. The van der Waals surface area contributed by atoms with Crippen LogP contribution in [0.2, 0.25) is 0 Å². The second kappa shape index (κ2) is 7.35. The Morgan fingerprint density at radius 1 is 1.36 bits per heavy atom. The van der Waals surface area contributed by atoms with Crippen LogP contribution in [0, 0.1) is 5.92 Å². The van der Waals surface area contributed by atoms with Crippen molar-refractivity contribution in [1.29, 1.82) is 0 Å². The zero-order valence-electron chi connectivity index (χ0n) is 8.78. The van der Waals surface area contributed by atoms with Crippen LogP contribution in [-0.2, 0) is 14.3 Å². The molecule has 4 nitrogen and oxygen atoms in total. The van der Waals surface area contributed by atoms with Crippen molar-refractivity contribution in [3.8, 4) is 0 Å². The molecule has 0 amide bonds. The van der Waals surface area contributed by atoms with E-state index in [1.807, 2.05) is 6.92 Å². The van der Waals surface area contributed by atoms with Crippen molar-refractivity contribution >= 4 is 11.9 Å². The van der Waals surface area contributed by atoms with Crippen LogP contribution in [-0.4, -0.2) is 24.2 Å². The highest BCUT2D eigenvalue weighted by atomic mass is 16.5. The Kier molecular flexibility index (Phi) is 6.80. The lowest BCUT2D eigenvalue weighted by molar-refractivity contribution is -0.144. The van der Waals surface area contributed by atoms with E-state index in [1.54, 1.807) is 0 Å². The van der Waals surface area contributed by atoms with Gasteiger partial charge in [0.1, 0.15) is 0 Å². The standard InChI is InChI=1S/C10H18O4/c1-3-4-5-8(10(12)13)6-7-9(11)14-2/h8H,3-7H2,1-2H3,(H,12,13). The summed E-state index contributed by atoms with van der Waals surface area (Å²) in [4.78, 5) is 21.6. The topological polar surface area (TPSA) is 63.6 Å². The number of methoxy groups -OCH3 is 1. The number of carboxylic acids is 1. The first-order chi connectivity index (χ1) is 6.61. The quantitative estimate of drug-likeness (QED) is 0.640. The number of unbranched alkanes of at least 4 members (excludes halogenated alkanes) is 1. The SMILES string of the molecule is CCCCC(CCC(=O)OC)C(=O)O. The highest BCUT2D eigenvalue weighted by molar-refractivity contribution is 5.73. The van der Waals surface area contributed by atoms with Gasteiger partial charge in [-0.3, -0.25) is 9.59 Å². The number of rotatable bonds is 7. The summed E-state index contributed by atoms with van der Waals surface area (Å²) >= 11 is 0. The number of esters is 1. The summed E-state index contributed by atoms with van der Waals surface area (Å²) in [6.07, 6.45) is 3.07. The van der Waals surface area contributed by atoms with Crippen LogP contribution in [0.3, 0.4) is 0 Å². The average molecular weight is 202 g/mol. The Hall–Kier alpha value is -1.06. The highest BCUT2D eigenvalue weighted by Gasteiger charge is 2.17. The molecule has 0 radical (unpaired) electrons. The van der Waals surface area contributed by atoms with Crippen molar-refractivity contribution in [1.82, 2.24) is 0 Å². The summed E-state index contributed by atoms with van der Waals surface area (Å²) < 4.78 is 4.45. The Bertz CT molecular complexity index is 189. The first-order valence-electron chi connectivity index (χ1n) is 4.91. The summed E-state index contributed by atoms with van der Waals surface area (Å²) in [6.45, 7) is 2.01. The molecule has 0 saturated carbocycles. The minimum atomic E-state index is -0.817. The molecule has 0 saturated heterocycles. The molecular formula is C10H18O4. The third-order valence-electron chi connectivity index (χ3n) is 2.18. The number of hydrogen-bond donors (Lipinski definition) is 1. The van der Waals surface area contributed by atoms with Gasteiger partial charge in [0.2, 0.25) is 0 Å². The third kappa shape index (κ3) is 5.56. The van der Waals surface area contributed by atoms with Crippen molar-refractivity contribution in [2.75, 3.05) is 7.11 Å². The second-order valence-corrected chi connectivity index (χ2v) is 3.29. The lowest BCUT2D eigenvalue weighted by Gasteiger charge is -2.10. The van der Waals surface area contributed by atoms with Gasteiger partial charge in [-0.25, -0.2) is 0 Å². The summed E-state index contributed by atoms with van der Waals surface area (Å²) in [6, 6.07) is 0. The second-order valence-electron chi connectivity index (χ2n) is 3.29. The van der Waals surface area contributed by atoms with E-state index in [9.17, 15) is 9.59 Å². The molecule has 0 aromatic carbocycles. The fraction of sp³-hybridized carbons (Fsp3) is 0.800. The molecule has 0 bridgehead atoms. The molecule has 1 N–H and O–H groups in total. The summed E-state index contributed by atoms with van der Waals surface area (Å²) in [5, 5.41) is 8.83. The number of carbonyl (C=O) groups is 2. The fourth-order valence-electron chi connectivity index (χ4n) is 1.24. The average Bonchev–Trinajstić information content (AvgIpc) is 2.16. The molecule has 1 atom stereocenters. The molecule has 0 aliphatic carbocycles. The Morgan fingerprint density at radius 3 is 2.43 bits per heavy atom. The molecule has 0 aliphatic rings. The molecule has 0 aromatic heterocycles. The molecule has 0 aliphatic heterocycles. The third-order valence-corrected chi connectivity index (χ3v) is 2.18. The van der Waals surface area contributed by atoms with Crippen molar-refractivity contribution in [3.63, 3.8) is 0 Å². The van der Waals surface area contributed by atoms with Gasteiger partial charge < -0.3 is 9.84 Å². The van der Waals surface area contributed by atoms with Crippen molar-refractivity contribution in [2.45, 2.75) is 39.0 Å². The predicted octanol–water partition coefficient (Wildman–Crippen LogP) is 1.83. The van der Waals surface area contributed by atoms with Crippen molar-refractivity contribution in [2.24, 2.45) is 5.92 Å². The minimum absolute atomic E-state index is 0.192. The lowest BCUT2D eigenvalue weighted by atomic mass is 9.97. The van der Waals surface area contributed by atoms with Gasteiger partial charge in [-0.05, 0) is 12.8 Å². The van der Waals surface area contributed by atoms with Crippen LogP contribution in [0.25, 0.3) is 0 Å². The summed E-state index contributed by atoms with van der Waals surface area (Å²) in [5.74, 6) is -1.57. The molecule has 0 rings (SSSR count). The van der Waals surface area contributed by atoms with Crippen molar-refractivity contribution in [3.05, 3.63) is 0 Å². The first kappa shape index (κ1) is 12.9. The Balaban J connectivity index is 3.84. The Labute approximate surface area is 84.3 Å². The van der Waals surface area contributed by atoms with E-state index in [2.05, 4.69) is 4.74 Å². The molecule has 1 unspecified atom stereocenters. The molecule has 14 heavy (non-hydrogen) atoms. The molecule has 0 heterocycles. The van der Waals surface area contributed by atoms with E-state index in [0.29, 0.717) is 12.8 Å². The van der Waals surface area contributed by atoms with Gasteiger partial charge in [0.25, 0.3) is 0 Å². The zero-order chi connectivity index (χ0) is 11.0. The monoisotopic (exact) mass is 202 g/mol. The largest absolute Gasteiger partial charge is 0.481 e. The fourth-order valence-corrected chi connectivity index (χ4v) is 1.24. The van der Waals surface area contributed by atoms with E-state index < -0.39 is 11.9 Å². The molecule has 0 aromatic rings. The van der Waals surface area contributed by atoms with E-state index in [4.69, 9.17) is 5.11 Å². The van der Waals surface area contributed by atoms with Crippen LogP contribution in [0.4, 0.5) is 0 Å². The molecular weight excluding hydrogens is 184 g/mol. The minimum Gasteiger partial charge on any atom is -0.481 e. The van der Waals surface area contributed by atoms with Crippen LogP contribution in [0.15, 0.2) is 0 Å². The number of carboxylic acid groups (broad SMARTS) is 1. The van der Waals surface area contributed by atoms with Crippen LogP contribution >= 0.6 is 0 Å². The van der Waals surface area contributed by atoms with Gasteiger partial charge >= 0.3 is 11.9 Å². The maximum atomic E-state index is 10.8. The normalized spacial score (nSPS) is 12.1. The van der Waals surface area contributed by atoms with E-state index >= 15 is 0 Å². The molecule has 0 spiro atoms. The van der Waals surface area contributed by atoms with E-state index in [-0.39, 0.29) is 12.4 Å². The highest BCUT2D eigenvalue weighted by Crippen LogP contribution is 2.15. The van der Waals surface area contributed by atoms with Gasteiger partial charge in [0.05, 0.1) is 13.0 Å². The zero-order valence-corrected chi connectivity index (χ0v) is 8.78. The molecule has 82 valence electrons. The smallest absolute Gasteiger partial charge is 0.306 e. The molecule has 4 heteroatoms. The lowest BCUT2D eigenvalue weighted by Crippen LogP contribution is -2.15. The number of ether oxygens (including phenoxy) is 1. The van der Waals surface area contributed by atoms with Crippen LogP contribution in [0.5, 0.6) is 0 Å². The summed E-state index contributed by atoms with van der Waals surface area (Å²) in [5.41, 5.74) is 0. The van der Waals surface area contributed by atoms with Gasteiger partial charge in [-0.1, -0.05) is 19.8 Å². The number of aliphatic carboxylic acids is 1. The Morgan fingerprint density at radius 2 is 2.00 bits per heavy atom. The van der Waals surface area contributed by atoms with Crippen LogP contribution < -0.4 is 0 Å². The van der Waals surface area contributed by atoms with E-state index in [0.717, 1.165) is 12.8 Å². The maximum absolute atomic E-state index is 10.8. The maximum Gasteiger partial charge on any atom is 0.306 e. The van der Waals surface area contributed by atoms with Gasteiger partial charge in [0.15, 0.2) is 0 Å². The molecule has 0 fully saturated rings. The first-order valence-corrected chi connectivity index (χ1v) is 4.91.